The number of aromatic nitrogens is 2. The van der Waals surface area contributed by atoms with Crippen LogP contribution in [0.4, 0.5) is 5.82 Å². The minimum absolute atomic E-state index is 0.418. The highest BCUT2D eigenvalue weighted by atomic mass is 79.9. The number of nitrogen functional groups attached to an aromatic ring is 1. The average molecular weight is 295 g/mol. The van der Waals surface area contributed by atoms with Crippen molar-refractivity contribution < 1.29 is 4.79 Å². The topological polar surface area (TPSA) is 86.9 Å². The molecule has 88 valence electrons. The van der Waals surface area contributed by atoms with Gasteiger partial charge in [0, 0.05) is 11.8 Å². The Morgan fingerprint density at radius 1 is 1.47 bits per heavy atom. The number of hydrogen-bond acceptors (Lipinski definition) is 3. The van der Waals surface area contributed by atoms with Gasteiger partial charge in [-0.25, -0.2) is 4.68 Å². The number of nitrogens with zero attached hydrogens (tertiary/aromatic N) is 2. The Morgan fingerprint density at radius 2 is 2.18 bits per heavy atom. The standard InChI is InChI=1S/C11H11BrN4O/c1-6-4-7(2-3-8(6)11(14)17)16-5-9(12)10(13)15-16/h2-5H,1H3,(H2,13,15)(H2,14,17). The zero-order valence-electron chi connectivity index (χ0n) is 9.14. The third kappa shape index (κ3) is 2.16. The molecule has 6 heteroatoms. The van der Waals surface area contributed by atoms with E-state index in [9.17, 15) is 4.79 Å². The van der Waals surface area contributed by atoms with Gasteiger partial charge in [0.2, 0.25) is 5.91 Å². The molecule has 0 unspecified atom stereocenters. The number of benzene rings is 1. The normalized spacial score (nSPS) is 10.5. The quantitative estimate of drug-likeness (QED) is 0.882. The van der Waals surface area contributed by atoms with Crippen molar-refractivity contribution >= 4 is 27.7 Å². The second kappa shape index (κ2) is 4.21. The van der Waals surface area contributed by atoms with E-state index in [-0.39, 0.29) is 0 Å². The molecule has 1 aromatic carbocycles. The third-order valence-electron chi connectivity index (χ3n) is 2.44. The molecule has 0 atom stereocenters. The number of carbonyl (C=O) groups excluding carboxylic acids is 1. The second-order valence-corrected chi connectivity index (χ2v) is 4.52. The number of hydrogen-bond donors (Lipinski definition) is 2. The molecule has 0 saturated carbocycles. The fourth-order valence-corrected chi connectivity index (χ4v) is 1.84. The van der Waals surface area contributed by atoms with Gasteiger partial charge in [-0.15, -0.1) is 5.10 Å². The van der Waals surface area contributed by atoms with E-state index in [1.165, 1.54) is 0 Å². The van der Waals surface area contributed by atoms with Gasteiger partial charge < -0.3 is 11.5 Å². The molecule has 0 saturated heterocycles. The molecular weight excluding hydrogens is 284 g/mol. The Labute approximate surface area is 107 Å². The molecule has 2 aromatic rings. The van der Waals surface area contributed by atoms with Crippen molar-refractivity contribution in [3.8, 4) is 5.69 Å². The lowest BCUT2D eigenvalue weighted by atomic mass is 10.1. The van der Waals surface area contributed by atoms with Crippen LogP contribution in [0.1, 0.15) is 15.9 Å². The Bertz CT molecular complexity index is 572. The number of anilines is 1. The highest BCUT2D eigenvalue weighted by Crippen LogP contribution is 2.20. The maximum absolute atomic E-state index is 11.1. The first-order valence-electron chi connectivity index (χ1n) is 4.90. The summed E-state index contributed by atoms with van der Waals surface area (Å²) in [7, 11) is 0. The van der Waals surface area contributed by atoms with E-state index >= 15 is 0 Å². The van der Waals surface area contributed by atoms with Gasteiger partial charge in [0.25, 0.3) is 0 Å². The first kappa shape index (κ1) is 11.7. The smallest absolute Gasteiger partial charge is 0.248 e. The lowest BCUT2D eigenvalue weighted by Gasteiger charge is -2.05. The van der Waals surface area contributed by atoms with Crippen molar-refractivity contribution in [2.24, 2.45) is 5.73 Å². The number of primary amides is 1. The molecule has 0 aliphatic rings. The monoisotopic (exact) mass is 294 g/mol. The van der Waals surface area contributed by atoms with Gasteiger partial charge in [0.1, 0.15) is 0 Å². The predicted molar refractivity (Wildman–Crippen MR) is 68.9 cm³/mol. The van der Waals surface area contributed by atoms with Gasteiger partial charge in [0.05, 0.1) is 10.2 Å². The predicted octanol–water partition coefficient (Wildman–Crippen LogP) is 1.62. The molecule has 5 nitrogen and oxygen atoms in total. The zero-order chi connectivity index (χ0) is 12.6. The van der Waals surface area contributed by atoms with Crippen molar-refractivity contribution in [2.75, 3.05) is 5.73 Å². The molecular formula is C11H11BrN4O. The minimum Gasteiger partial charge on any atom is -0.381 e. The molecule has 17 heavy (non-hydrogen) atoms. The van der Waals surface area contributed by atoms with E-state index in [0.717, 1.165) is 15.7 Å². The van der Waals surface area contributed by atoms with Crippen LogP contribution in [0.25, 0.3) is 5.69 Å². The Morgan fingerprint density at radius 3 is 2.65 bits per heavy atom. The molecule has 0 spiro atoms. The molecule has 0 aliphatic heterocycles. The number of rotatable bonds is 2. The van der Waals surface area contributed by atoms with Crippen LogP contribution >= 0.6 is 15.9 Å². The van der Waals surface area contributed by atoms with Gasteiger partial charge in [-0.1, -0.05) is 0 Å². The third-order valence-corrected chi connectivity index (χ3v) is 3.05. The summed E-state index contributed by atoms with van der Waals surface area (Å²) in [5.74, 6) is -0.0168. The van der Waals surface area contributed by atoms with Crippen molar-refractivity contribution in [3.63, 3.8) is 0 Å². The van der Waals surface area contributed by atoms with E-state index in [1.807, 2.05) is 13.0 Å². The number of halogens is 1. The van der Waals surface area contributed by atoms with Crippen LogP contribution in [-0.2, 0) is 0 Å². The van der Waals surface area contributed by atoms with Crippen molar-refractivity contribution in [3.05, 3.63) is 40.0 Å². The molecule has 1 heterocycles. The van der Waals surface area contributed by atoms with Crippen LogP contribution in [0.2, 0.25) is 0 Å². The van der Waals surface area contributed by atoms with Crippen LogP contribution < -0.4 is 11.5 Å². The van der Waals surface area contributed by atoms with Gasteiger partial charge in [0.15, 0.2) is 5.82 Å². The van der Waals surface area contributed by atoms with Crippen LogP contribution in [0, 0.1) is 6.92 Å². The van der Waals surface area contributed by atoms with Crippen molar-refractivity contribution in [1.82, 2.24) is 9.78 Å². The van der Waals surface area contributed by atoms with Gasteiger partial charge in [-0.05, 0) is 46.6 Å². The summed E-state index contributed by atoms with van der Waals surface area (Å²) in [6.07, 6.45) is 1.76. The van der Waals surface area contributed by atoms with E-state index in [2.05, 4.69) is 21.0 Å². The summed E-state index contributed by atoms with van der Waals surface area (Å²) < 4.78 is 2.37. The highest BCUT2D eigenvalue weighted by molar-refractivity contribution is 9.10. The first-order valence-corrected chi connectivity index (χ1v) is 5.70. The second-order valence-electron chi connectivity index (χ2n) is 3.67. The lowest BCUT2D eigenvalue weighted by Crippen LogP contribution is -2.13. The zero-order valence-corrected chi connectivity index (χ0v) is 10.7. The Kier molecular flexibility index (Phi) is 2.89. The molecule has 1 amide bonds. The van der Waals surface area contributed by atoms with Gasteiger partial charge in [-0.2, -0.15) is 0 Å². The Balaban J connectivity index is 2.47. The van der Waals surface area contributed by atoms with Crippen molar-refractivity contribution in [1.29, 1.82) is 0 Å². The molecule has 4 N–H and O–H groups in total. The number of amides is 1. The number of aryl methyl sites for hydroxylation is 1. The van der Waals surface area contributed by atoms with E-state index in [1.54, 1.807) is 23.0 Å². The van der Waals surface area contributed by atoms with Crippen LogP contribution in [0.3, 0.4) is 0 Å². The van der Waals surface area contributed by atoms with E-state index in [4.69, 9.17) is 11.5 Å². The van der Waals surface area contributed by atoms with E-state index in [0.29, 0.717) is 11.4 Å². The first-order chi connectivity index (χ1) is 7.99. The fraction of sp³-hybridized carbons (Fsp3) is 0.0909. The minimum atomic E-state index is -0.435. The van der Waals surface area contributed by atoms with Crippen molar-refractivity contribution in [2.45, 2.75) is 6.92 Å². The van der Waals surface area contributed by atoms with Gasteiger partial charge >= 0.3 is 0 Å². The molecule has 2 rings (SSSR count). The summed E-state index contributed by atoms with van der Waals surface area (Å²) in [6.45, 7) is 1.82. The summed E-state index contributed by atoms with van der Waals surface area (Å²) in [6, 6.07) is 5.28. The molecule has 1 aromatic heterocycles. The largest absolute Gasteiger partial charge is 0.381 e. The summed E-state index contributed by atoms with van der Waals surface area (Å²) in [5, 5.41) is 4.13. The van der Waals surface area contributed by atoms with E-state index < -0.39 is 5.91 Å². The number of nitrogens with two attached hydrogens (primary N) is 2. The summed E-state index contributed by atoms with van der Waals surface area (Å²) >= 11 is 3.29. The fourth-order valence-electron chi connectivity index (χ4n) is 1.57. The van der Waals surface area contributed by atoms with Crippen LogP contribution in [0.5, 0.6) is 0 Å². The van der Waals surface area contributed by atoms with Gasteiger partial charge in [-0.3, -0.25) is 4.79 Å². The molecule has 0 fully saturated rings. The summed E-state index contributed by atoms with van der Waals surface area (Å²) in [4.78, 5) is 11.1. The van der Waals surface area contributed by atoms with Crippen LogP contribution in [0.15, 0.2) is 28.9 Å². The molecule has 0 bridgehead atoms. The maximum Gasteiger partial charge on any atom is 0.248 e. The van der Waals surface area contributed by atoms with Crippen LogP contribution in [-0.4, -0.2) is 15.7 Å². The average Bonchev–Trinajstić information content (AvgIpc) is 2.58. The number of carbonyl (C=O) groups is 1. The maximum atomic E-state index is 11.1. The lowest BCUT2D eigenvalue weighted by molar-refractivity contribution is 0.0999. The summed E-state index contributed by atoms with van der Waals surface area (Å²) in [5.41, 5.74) is 13.0. The molecule has 0 aliphatic carbocycles. The Hall–Kier alpha value is -1.82. The molecule has 0 radical (unpaired) electrons. The highest BCUT2D eigenvalue weighted by Gasteiger charge is 2.08. The SMILES string of the molecule is Cc1cc(-n2cc(Br)c(N)n2)ccc1C(N)=O.